The summed E-state index contributed by atoms with van der Waals surface area (Å²) in [7, 11) is 0. The van der Waals surface area contributed by atoms with Gasteiger partial charge in [-0.1, -0.05) is 18.2 Å². The van der Waals surface area contributed by atoms with E-state index in [0.29, 0.717) is 23.2 Å². The number of pyridine rings is 2. The molecule has 4 saturated carbocycles. The van der Waals surface area contributed by atoms with Gasteiger partial charge in [-0.3, -0.25) is 4.98 Å². The molecule has 3 nitrogen and oxygen atoms in total. The fraction of sp³-hybridized carbons (Fsp3) is 0.429. The van der Waals surface area contributed by atoms with Crippen LogP contribution in [-0.4, -0.2) is 15.6 Å². The van der Waals surface area contributed by atoms with Crippen molar-refractivity contribution in [2.75, 3.05) is 0 Å². The average molecular weight is 429 g/mol. The van der Waals surface area contributed by atoms with Gasteiger partial charge in [0.2, 0.25) is 5.95 Å². The molecule has 3 aromatic rings. The SMILES string of the molecule is Cc1cc(-c2ccc(-c3cccc(F)n3)nc2)ccc1OC1(C)C2CC3CC(C2)CC1C3. The van der Waals surface area contributed by atoms with E-state index in [9.17, 15) is 4.39 Å². The van der Waals surface area contributed by atoms with E-state index < -0.39 is 5.95 Å². The Hall–Kier alpha value is -2.75. The second-order valence-corrected chi connectivity index (χ2v) is 10.3. The Morgan fingerprint density at radius 3 is 2.22 bits per heavy atom. The summed E-state index contributed by atoms with van der Waals surface area (Å²) in [5.74, 6) is 3.80. The molecule has 0 atom stereocenters. The van der Waals surface area contributed by atoms with Gasteiger partial charge in [0, 0.05) is 11.8 Å². The van der Waals surface area contributed by atoms with Crippen LogP contribution in [0.15, 0.2) is 54.7 Å². The van der Waals surface area contributed by atoms with Crippen LogP contribution >= 0.6 is 0 Å². The number of aromatic nitrogens is 2. The third kappa shape index (κ3) is 3.32. The van der Waals surface area contributed by atoms with Crippen LogP contribution in [0.3, 0.4) is 0 Å². The zero-order valence-corrected chi connectivity index (χ0v) is 18.7. The Balaban J connectivity index is 1.23. The molecule has 1 aromatic carbocycles. The van der Waals surface area contributed by atoms with Crippen LogP contribution in [0.2, 0.25) is 0 Å². The molecule has 0 N–H and O–H groups in total. The highest BCUT2D eigenvalue weighted by Gasteiger charge is 2.56. The van der Waals surface area contributed by atoms with Crippen molar-refractivity contribution in [3.63, 3.8) is 0 Å². The van der Waals surface area contributed by atoms with E-state index in [0.717, 1.165) is 34.3 Å². The molecule has 0 saturated heterocycles. The molecule has 0 radical (unpaired) electrons. The Labute approximate surface area is 189 Å². The van der Waals surface area contributed by atoms with Gasteiger partial charge in [0.05, 0.1) is 11.4 Å². The largest absolute Gasteiger partial charge is 0.487 e. The second kappa shape index (κ2) is 7.40. The molecule has 0 unspecified atom stereocenters. The minimum Gasteiger partial charge on any atom is -0.487 e. The third-order valence-electron chi connectivity index (χ3n) is 8.34. The first-order valence-electron chi connectivity index (χ1n) is 11.9. The number of hydrogen-bond donors (Lipinski definition) is 0. The molecular formula is C28H29FN2O. The molecular weight excluding hydrogens is 399 g/mol. The van der Waals surface area contributed by atoms with Gasteiger partial charge in [-0.2, -0.15) is 4.39 Å². The van der Waals surface area contributed by atoms with E-state index in [-0.39, 0.29) is 5.60 Å². The lowest BCUT2D eigenvalue weighted by molar-refractivity contribution is -0.145. The van der Waals surface area contributed by atoms with Crippen molar-refractivity contribution in [3.05, 3.63) is 66.2 Å². The lowest BCUT2D eigenvalue weighted by Gasteiger charge is -2.59. The highest BCUT2D eigenvalue weighted by Crippen LogP contribution is 2.59. The summed E-state index contributed by atoms with van der Waals surface area (Å²) in [5.41, 5.74) is 4.48. The molecule has 32 heavy (non-hydrogen) atoms. The molecule has 4 aliphatic carbocycles. The van der Waals surface area contributed by atoms with E-state index >= 15 is 0 Å². The molecule has 4 heteroatoms. The Bertz CT molecular complexity index is 1130. The van der Waals surface area contributed by atoms with Gasteiger partial charge in [-0.05, 0) is 111 Å². The molecule has 164 valence electrons. The van der Waals surface area contributed by atoms with Gasteiger partial charge in [-0.25, -0.2) is 4.98 Å². The smallest absolute Gasteiger partial charge is 0.213 e. The predicted octanol–water partition coefficient (Wildman–Crippen LogP) is 6.85. The van der Waals surface area contributed by atoms with Crippen LogP contribution in [-0.2, 0) is 0 Å². The number of halogens is 1. The molecule has 0 spiro atoms. The second-order valence-electron chi connectivity index (χ2n) is 10.3. The fourth-order valence-corrected chi connectivity index (χ4v) is 6.73. The standard InChI is InChI=1S/C28H29FN2O/c1-17-10-20(21-6-8-24(30-16-21)25-4-3-5-27(29)31-25)7-9-26(17)32-28(2)22-12-18-11-19(14-22)15-23(28)13-18/h3-10,16,18-19,22-23H,11-15H2,1-2H3. The minimum atomic E-state index is -0.493. The zero-order chi connectivity index (χ0) is 21.9. The zero-order valence-electron chi connectivity index (χ0n) is 18.7. The first kappa shape index (κ1) is 19.9. The third-order valence-corrected chi connectivity index (χ3v) is 8.34. The number of aryl methyl sites for hydroxylation is 1. The van der Waals surface area contributed by atoms with Crippen molar-refractivity contribution >= 4 is 0 Å². The highest BCUT2D eigenvalue weighted by atomic mass is 19.1. The van der Waals surface area contributed by atoms with E-state index in [2.05, 4.69) is 42.0 Å². The predicted molar refractivity (Wildman–Crippen MR) is 124 cm³/mol. The van der Waals surface area contributed by atoms with Crippen LogP contribution in [0, 0.1) is 36.5 Å². The molecule has 2 heterocycles. The van der Waals surface area contributed by atoms with E-state index in [1.807, 2.05) is 18.3 Å². The summed E-state index contributed by atoms with van der Waals surface area (Å²) in [6.45, 7) is 4.51. The number of ether oxygens (including phenoxy) is 1. The van der Waals surface area contributed by atoms with Gasteiger partial charge in [0.1, 0.15) is 11.4 Å². The van der Waals surface area contributed by atoms with Crippen LogP contribution in [0.25, 0.3) is 22.5 Å². The number of hydrogen-bond acceptors (Lipinski definition) is 3. The summed E-state index contributed by atoms with van der Waals surface area (Å²) in [4.78, 5) is 8.43. The van der Waals surface area contributed by atoms with Crippen molar-refractivity contribution in [2.24, 2.45) is 23.7 Å². The fourth-order valence-electron chi connectivity index (χ4n) is 6.73. The minimum absolute atomic E-state index is 0.0269. The van der Waals surface area contributed by atoms with Crippen molar-refractivity contribution < 1.29 is 9.13 Å². The maximum atomic E-state index is 13.4. The summed E-state index contributed by atoms with van der Waals surface area (Å²) >= 11 is 0. The normalized spacial score (nSPS) is 30.5. The van der Waals surface area contributed by atoms with Gasteiger partial charge in [-0.15, -0.1) is 0 Å². The molecule has 0 amide bonds. The van der Waals surface area contributed by atoms with E-state index in [4.69, 9.17) is 4.74 Å². The maximum Gasteiger partial charge on any atom is 0.213 e. The van der Waals surface area contributed by atoms with Crippen molar-refractivity contribution in [1.29, 1.82) is 0 Å². The summed E-state index contributed by atoms with van der Waals surface area (Å²) in [6.07, 6.45) is 8.67. The Morgan fingerprint density at radius 2 is 1.59 bits per heavy atom. The van der Waals surface area contributed by atoms with Gasteiger partial charge < -0.3 is 4.74 Å². The number of benzene rings is 1. The highest BCUT2D eigenvalue weighted by molar-refractivity contribution is 5.67. The first-order chi connectivity index (χ1) is 15.5. The van der Waals surface area contributed by atoms with Crippen LogP contribution in [0.1, 0.15) is 44.6 Å². The van der Waals surface area contributed by atoms with Gasteiger partial charge in [0.25, 0.3) is 0 Å². The number of rotatable bonds is 4. The summed E-state index contributed by atoms with van der Waals surface area (Å²) < 4.78 is 20.2. The molecule has 0 aliphatic heterocycles. The lowest BCUT2D eigenvalue weighted by Crippen LogP contribution is -2.59. The van der Waals surface area contributed by atoms with Crippen LogP contribution in [0.4, 0.5) is 4.39 Å². The quantitative estimate of drug-likeness (QED) is 0.426. The molecule has 4 fully saturated rings. The van der Waals surface area contributed by atoms with Crippen molar-refractivity contribution in [3.8, 4) is 28.3 Å². The monoisotopic (exact) mass is 428 g/mol. The summed E-state index contributed by atoms with van der Waals surface area (Å²) in [5, 5.41) is 0. The van der Waals surface area contributed by atoms with E-state index in [1.54, 1.807) is 12.1 Å². The van der Waals surface area contributed by atoms with Crippen LogP contribution < -0.4 is 4.74 Å². The van der Waals surface area contributed by atoms with Gasteiger partial charge >= 0.3 is 0 Å². The summed E-state index contributed by atoms with van der Waals surface area (Å²) in [6, 6.07) is 15.1. The average Bonchev–Trinajstić information content (AvgIpc) is 2.79. The Morgan fingerprint density at radius 1 is 0.875 bits per heavy atom. The van der Waals surface area contributed by atoms with E-state index in [1.165, 1.54) is 38.2 Å². The molecule has 4 aliphatic rings. The van der Waals surface area contributed by atoms with Crippen molar-refractivity contribution in [1.82, 2.24) is 9.97 Å². The lowest BCUT2D eigenvalue weighted by atomic mass is 9.50. The van der Waals surface area contributed by atoms with Crippen LogP contribution in [0.5, 0.6) is 5.75 Å². The molecule has 7 rings (SSSR count). The first-order valence-corrected chi connectivity index (χ1v) is 11.9. The Kier molecular flexibility index (Phi) is 4.60. The molecule has 4 bridgehead atoms. The number of nitrogens with zero attached hydrogens (tertiary/aromatic N) is 2. The topological polar surface area (TPSA) is 35.0 Å². The maximum absolute atomic E-state index is 13.4. The van der Waals surface area contributed by atoms with Crippen molar-refractivity contribution in [2.45, 2.75) is 51.6 Å². The van der Waals surface area contributed by atoms with Gasteiger partial charge in [0.15, 0.2) is 0 Å². The molecule has 2 aromatic heterocycles.